The Balaban J connectivity index is 1.67. The summed E-state index contributed by atoms with van der Waals surface area (Å²) in [4.78, 5) is 4.04. The molecule has 0 aliphatic carbocycles. The Bertz CT molecular complexity index is 586. The Morgan fingerprint density at radius 2 is 2.10 bits per heavy atom. The van der Waals surface area contributed by atoms with Crippen molar-refractivity contribution in [3.8, 4) is 5.75 Å². The van der Waals surface area contributed by atoms with E-state index in [9.17, 15) is 0 Å². The molecule has 1 aromatic carbocycles. The maximum Gasteiger partial charge on any atom is 0.119 e. The van der Waals surface area contributed by atoms with Gasteiger partial charge in [-0.25, -0.2) is 0 Å². The molecule has 0 saturated heterocycles. The van der Waals surface area contributed by atoms with Crippen LogP contribution in [0.1, 0.15) is 11.1 Å². The second-order valence-electron chi connectivity index (χ2n) is 5.45. The van der Waals surface area contributed by atoms with Gasteiger partial charge in [-0.15, -0.1) is 0 Å². The van der Waals surface area contributed by atoms with Crippen LogP contribution in [-0.4, -0.2) is 25.2 Å². The Labute approximate surface area is 125 Å². The van der Waals surface area contributed by atoms with E-state index in [2.05, 4.69) is 27.8 Å². The van der Waals surface area contributed by atoms with E-state index in [0.717, 1.165) is 37.5 Å². The molecule has 1 aromatic heterocycles. The number of pyridine rings is 1. The second kappa shape index (κ2) is 6.59. The zero-order valence-corrected chi connectivity index (χ0v) is 12.3. The smallest absolute Gasteiger partial charge is 0.119 e. The third kappa shape index (κ3) is 3.52. The van der Waals surface area contributed by atoms with Gasteiger partial charge in [0.15, 0.2) is 0 Å². The number of anilines is 1. The number of fused-ring (bicyclic) bond motifs is 1. The summed E-state index contributed by atoms with van der Waals surface area (Å²) in [6.07, 6.45) is 4.69. The van der Waals surface area contributed by atoms with Gasteiger partial charge in [0.2, 0.25) is 0 Å². The summed E-state index contributed by atoms with van der Waals surface area (Å²) >= 11 is 0. The first-order valence-corrected chi connectivity index (χ1v) is 7.35. The third-order valence-electron chi connectivity index (χ3n) is 3.95. The highest BCUT2D eigenvalue weighted by Crippen LogP contribution is 2.23. The number of rotatable bonds is 4. The van der Waals surface area contributed by atoms with Gasteiger partial charge in [0, 0.05) is 37.7 Å². The molecule has 21 heavy (non-hydrogen) atoms. The van der Waals surface area contributed by atoms with Crippen LogP contribution in [0.5, 0.6) is 5.75 Å². The predicted molar refractivity (Wildman–Crippen MR) is 84.6 cm³/mol. The minimum Gasteiger partial charge on any atom is -0.497 e. The van der Waals surface area contributed by atoms with Crippen LogP contribution in [0.15, 0.2) is 42.7 Å². The molecule has 2 aromatic rings. The molecule has 0 amide bonds. The fourth-order valence-corrected chi connectivity index (χ4v) is 2.76. The number of ether oxygens (including phenoxy) is 1. The standard InChI is InChI=1S/C17H21N3O/c1-21-17-3-2-14-12-19-10-13(8-15(14)9-17)11-20-16-4-6-18-7-5-16/h2-7,9,13,19H,8,10-12H2,1H3,(H,18,20). The molecule has 0 saturated carbocycles. The highest BCUT2D eigenvalue weighted by molar-refractivity contribution is 5.41. The first kappa shape index (κ1) is 13.9. The second-order valence-corrected chi connectivity index (χ2v) is 5.45. The SMILES string of the molecule is COc1ccc2c(c1)CC(CNc1ccncc1)CNC2. The summed E-state index contributed by atoms with van der Waals surface area (Å²) in [7, 11) is 1.72. The average Bonchev–Trinajstić information content (AvgIpc) is 2.75. The van der Waals surface area contributed by atoms with Gasteiger partial charge in [0.25, 0.3) is 0 Å². The topological polar surface area (TPSA) is 46.2 Å². The molecule has 4 nitrogen and oxygen atoms in total. The number of hydrogen-bond acceptors (Lipinski definition) is 4. The molecule has 2 heterocycles. The van der Waals surface area contributed by atoms with Crippen molar-refractivity contribution in [3.05, 3.63) is 53.9 Å². The molecule has 0 spiro atoms. The number of aromatic nitrogens is 1. The van der Waals surface area contributed by atoms with Crippen molar-refractivity contribution in [2.75, 3.05) is 25.5 Å². The number of nitrogens with zero attached hydrogens (tertiary/aromatic N) is 1. The molecule has 1 atom stereocenters. The van der Waals surface area contributed by atoms with E-state index in [1.54, 1.807) is 7.11 Å². The maximum absolute atomic E-state index is 5.34. The van der Waals surface area contributed by atoms with Gasteiger partial charge in [-0.3, -0.25) is 4.98 Å². The number of methoxy groups -OCH3 is 1. The number of benzene rings is 1. The van der Waals surface area contributed by atoms with E-state index in [1.165, 1.54) is 11.1 Å². The summed E-state index contributed by atoms with van der Waals surface area (Å²) in [5.74, 6) is 1.50. The molecule has 4 heteroatoms. The van der Waals surface area contributed by atoms with Crippen LogP contribution in [-0.2, 0) is 13.0 Å². The van der Waals surface area contributed by atoms with E-state index in [0.29, 0.717) is 5.92 Å². The van der Waals surface area contributed by atoms with Crippen molar-refractivity contribution >= 4 is 5.69 Å². The molecule has 3 rings (SSSR count). The molecule has 1 unspecified atom stereocenters. The summed E-state index contributed by atoms with van der Waals surface area (Å²) in [5, 5.41) is 7.02. The van der Waals surface area contributed by atoms with Gasteiger partial charge in [0.1, 0.15) is 5.75 Å². The monoisotopic (exact) mass is 283 g/mol. The van der Waals surface area contributed by atoms with Crippen molar-refractivity contribution in [2.24, 2.45) is 5.92 Å². The zero-order valence-electron chi connectivity index (χ0n) is 12.3. The molecule has 110 valence electrons. The van der Waals surface area contributed by atoms with Gasteiger partial charge >= 0.3 is 0 Å². The van der Waals surface area contributed by atoms with Crippen LogP contribution in [0.2, 0.25) is 0 Å². The van der Waals surface area contributed by atoms with Crippen LogP contribution in [0, 0.1) is 5.92 Å². The molecule has 0 fully saturated rings. The average molecular weight is 283 g/mol. The van der Waals surface area contributed by atoms with Crippen LogP contribution < -0.4 is 15.4 Å². The lowest BCUT2D eigenvalue weighted by Gasteiger charge is -2.16. The molecular weight excluding hydrogens is 262 g/mol. The maximum atomic E-state index is 5.34. The molecular formula is C17H21N3O. The van der Waals surface area contributed by atoms with E-state index < -0.39 is 0 Å². The van der Waals surface area contributed by atoms with E-state index in [1.807, 2.05) is 30.6 Å². The van der Waals surface area contributed by atoms with Crippen molar-refractivity contribution in [3.63, 3.8) is 0 Å². The lowest BCUT2D eigenvalue weighted by molar-refractivity contribution is 0.413. The van der Waals surface area contributed by atoms with Crippen LogP contribution in [0.4, 0.5) is 5.69 Å². The van der Waals surface area contributed by atoms with Crippen molar-refractivity contribution in [1.82, 2.24) is 10.3 Å². The van der Waals surface area contributed by atoms with Gasteiger partial charge in [-0.05, 0) is 47.7 Å². The highest BCUT2D eigenvalue weighted by atomic mass is 16.5. The first-order chi connectivity index (χ1) is 10.3. The van der Waals surface area contributed by atoms with Crippen molar-refractivity contribution in [2.45, 2.75) is 13.0 Å². The molecule has 0 radical (unpaired) electrons. The quantitative estimate of drug-likeness (QED) is 0.905. The Morgan fingerprint density at radius 3 is 2.90 bits per heavy atom. The normalized spacial score (nSPS) is 17.7. The largest absolute Gasteiger partial charge is 0.497 e. The molecule has 1 aliphatic heterocycles. The van der Waals surface area contributed by atoms with Crippen LogP contribution >= 0.6 is 0 Å². The fourth-order valence-electron chi connectivity index (χ4n) is 2.76. The Hall–Kier alpha value is -2.07. The Morgan fingerprint density at radius 1 is 1.24 bits per heavy atom. The minimum absolute atomic E-state index is 0.562. The van der Waals surface area contributed by atoms with E-state index >= 15 is 0 Å². The molecule has 2 N–H and O–H groups in total. The summed E-state index contributed by atoms with van der Waals surface area (Å²) in [5.41, 5.74) is 3.89. The zero-order chi connectivity index (χ0) is 14.5. The lowest BCUT2D eigenvalue weighted by atomic mass is 9.97. The van der Waals surface area contributed by atoms with Gasteiger partial charge in [0.05, 0.1) is 7.11 Å². The minimum atomic E-state index is 0.562. The summed E-state index contributed by atoms with van der Waals surface area (Å²) < 4.78 is 5.34. The predicted octanol–water partition coefficient (Wildman–Crippen LogP) is 2.46. The van der Waals surface area contributed by atoms with Gasteiger partial charge in [-0.2, -0.15) is 0 Å². The lowest BCUT2D eigenvalue weighted by Crippen LogP contribution is -2.26. The Kier molecular flexibility index (Phi) is 4.36. The summed E-state index contributed by atoms with van der Waals surface area (Å²) in [6, 6.07) is 10.4. The number of hydrogen-bond donors (Lipinski definition) is 2. The van der Waals surface area contributed by atoms with Gasteiger partial charge in [-0.1, -0.05) is 6.07 Å². The van der Waals surface area contributed by atoms with Gasteiger partial charge < -0.3 is 15.4 Å². The molecule has 1 aliphatic rings. The fraction of sp³-hybridized carbons (Fsp3) is 0.353. The number of nitrogens with one attached hydrogen (secondary N) is 2. The third-order valence-corrected chi connectivity index (χ3v) is 3.95. The van der Waals surface area contributed by atoms with E-state index in [-0.39, 0.29) is 0 Å². The highest BCUT2D eigenvalue weighted by Gasteiger charge is 2.16. The van der Waals surface area contributed by atoms with Crippen molar-refractivity contribution < 1.29 is 4.74 Å². The summed E-state index contributed by atoms with van der Waals surface area (Å²) in [6.45, 7) is 2.91. The van der Waals surface area contributed by atoms with E-state index in [4.69, 9.17) is 4.74 Å². The van der Waals surface area contributed by atoms with Crippen molar-refractivity contribution in [1.29, 1.82) is 0 Å². The van der Waals surface area contributed by atoms with Crippen LogP contribution in [0.3, 0.4) is 0 Å². The molecule has 0 bridgehead atoms. The van der Waals surface area contributed by atoms with Crippen LogP contribution in [0.25, 0.3) is 0 Å². The first-order valence-electron chi connectivity index (χ1n) is 7.35.